The zero-order chi connectivity index (χ0) is 16.9. The molecule has 0 spiro atoms. The smallest absolute Gasteiger partial charge is 0.332 e. The quantitative estimate of drug-likeness (QED) is 0.650. The molecule has 0 aliphatic heterocycles. The first-order valence-electron chi connectivity index (χ1n) is 6.57. The van der Waals surface area contributed by atoms with Gasteiger partial charge in [0.1, 0.15) is 11.7 Å². The molecule has 1 atom stereocenters. The Morgan fingerprint density at radius 1 is 1.32 bits per heavy atom. The summed E-state index contributed by atoms with van der Waals surface area (Å²) in [5.41, 5.74) is 5.05. The standard InChI is InChI=1S/C14H16ClF4N3/c1-13(2,3)6-22-5-8(10(20)14(17,18)19)7-4-9(16)11(15)21-12(7)22/h4-5,10H,6,20H2,1-3H3/t10-/m0/s1. The van der Waals surface area contributed by atoms with Gasteiger partial charge >= 0.3 is 6.18 Å². The number of hydrogen-bond donors (Lipinski definition) is 1. The molecule has 2 N–H and O–H groups in total. The highest BCUT2D eigenvalue weighted by Gasteiger charge is 2.40. The van der Waals surface area contributed by atoms with Crippen molar-refractivity contribution in [2.45, 2.75) is 39.5 Å². The molecule has 8 heteroatoms. The predicted molar refractivity (Wildman–Crippen MR) is 77.1 cm³/mol. The summed E-state index contributed by atoms with van der Waals surface area (Å²) < 4.78 is 53.9. The van der Waals surface area contributed by atoms with E-state index in [-0.39, 0.29) is 27.2 Å². The van der Waals surface area contributed by atoms with Crippen molar-refractivity contribution in [3.8, 4) is 0 Å². The number of pyridine rings is 1. The van der Waals surface area contributed by atoms with Crippen LogP contribution in [0, 0.1) is 11.2 Å². The molecule has 122 valence electrons. The molecule has 0 bridgehead atoms. The molecule has 0 radical (unpaired) electrons. The highest BCUT2D eigenvalue weighted by atomic mass is 35.5. The Hall–Kier alpha value is -1.34. The fourth-order valence-corrected chi connectivity index (χ4v) is 2.38. The van der Waals surface area contributed by atoms with E-state index in [2.05, 4.69) is 4.98 Å². The first kappa shape index (κ1) is 17.0. The van der Waals surface area contributed by atoms with Crippen molar-refractivity contribution in [1.29, 1.82) is 0 Å². The van der Waals surface area contributed by atoms with Crippen molar-refractivity contribution in [3.05, 3.63) is 28.8 Å². The van der Waals surface area contributed by atoms with Gasteiger partial charge in [0.2, 0.25) is 0 Å². The summed E-state index contributed by atoms with van der Waals surface area (Å²) in [6.07, 6.45) is -3.35. The highest BCUT2D eigenvalue weighted by Crippen LogP contribution is 2.36. The van der Waals surface area contributed by atoms with Crippen molar-refractivity contribution < 1.29 is 17.6 Å². The van der Waals surface area contributed by atoms with Gasteiger partial charge in [-0.1, -0.05) is 32.4 Å². The number of halogens is 5. The minimum absolute atomic E-state index is 0.0241. The molecule has 0 aromatic carbocycles. The molecule has 22 heavy (non-hydrogen) atoms. The van der Waals surface area contributed by atoms with E-state index in [9.17, 15) is 17.6 Å². The second-order valence-electron chi connectivity index (χ2n) is 6.42. The lowest BCUT2D eigenvalue weighted by Crippen LogP contribution is -2.28. The summed E-state index contributed by atoms with van der Waals surface area (Å²) in [5.74, 6) is -0.877. The third-order valence-electron chi connectivity index (χ3n) is 3.12. The van der Waals surface area contributed by atoms with Crippen LogP contribution in [-0.2, 0) is 6.54 Å². The van der Waals surface area contributed by atoms with E-state index < -0.39 is 18.0 Å². The maximum Gasteiger partial charge on any atom is 0.407 e. The van der Waals surface area contributed by atoms with Crippen LogP contribution in [0.25, 0.3) is 11.0 Å². The van der Waals surface area contributed by atoms with Crippen molar-refractivity contribution in [2.24, 2.45) is 11.1 Å². The van der Waals surface area contributed by atoms with Gasteiger partial charge in [-0.15, -0.1) is 0 Å². The molecular weight excluding hydrogens is 322 g/mol. The fourth-order valence-electron chi connectivity index (χ4n) is 2.24. The van der Waals surface area contributed by atoms with Gasteiger partial charge in [0, 0.05) is 23.7 Å². The van der Waals surface area contributed by atoms with E-state index in [1.165, 1.54) is 10.8 Å². The predicted octanol–water partition coefficient (Wildman–Crippen LogP) is 4.44. The molecule has 0 unspecified atom stereocenters. The summed E-state index contributed by atoms with van der Waals surface area (Å²) in [4.78, 5) is 3.87. The zero-order valence-electron chi connectivity index (χ0n) is 12.3. The third kappa shape index (κ3) is 3.35. The average Bonchev–Trinajstić information content (AvgIpc) is 2.64. The van der Waals surface area contributed by atoms with Gasteiger partial charge in [-0.3, -0.25) is 0 Å². The Labute approximate surface area is 130 Å². The van der Waals surface area contributed by atoms with E-state index in [0.717, 1.165) is 6.07 Å². The van der Waals surface area contributed by atoms with Crippen LogP contribution in [0.5, 0.6) is 0 Å². The number of hydrogen-bond acceptors (Lipinski definition) is 2. The Bertz CT molecular complexity index is 701. The van der Waals surface area contributed by atoms with Crippen LogP contribution in [0.15, 0.2) is 12.3 Å². The van der Waals surface area contributed by atoms with Gasteiger partial charge in [0.25, 0.3) is 0 Å². The maximum absolute atomic E-state index is 13.6. The van der Waals surface area contributed by atoms with Crippen LogP contribution >= 0.6 is 11.6 Å². The maximum atomic E-state index is 13.6. The van der Waals surface area contributed by atoms with Crippen molar-refractivity contribution >= 4 is 22.6 Å². The molecular formula is C14H16ClF4N3. The monoisotopic (exact) mass is 337 g/mol. The molecule has 3 nitrogen and oxygen atoms in total. The van der Waals surface area contributed by atoms with Gasteiger partial charge < -0.3 is 10.3 Å². The largest absolute Gasteiger partial charge is 0.407 e. The van der Waals surface area contributed by atoms with E-state index in [0.29, 0.717) is 6.54 Å². The van der Waals surface area contributed by atoms with Gasteiger partial charge in [0.05, 0.1) is 0 Å². The Balaban J connectivity index is 2.69. The van der Waals surface area contributed by atoms with E-state index in [1.54, 1.807) is 0 Å². The third-order valence-corrected chi connectivity index (χ3v) is 3.39. The SMILES string of the molecule is CC(C)(C)Cn1cc([C@H](N)C(F)(F)F)c2cc(F)c(Cl)nc21. The summed E-state index contributed by atoms with van der Waals surface area (Å²) >= 11 is 5.66. The minimum Gasteiger partial charge on any atom is -0.332 e. The highest BCUT2D eigenvalue weighted by molar-refractivity contribution is 6.29. The second-order valence-corrected chi connectivity index (χ2v) is 6.78. The van der Waals surface area contributed by atoms with E-state index >= 15 is 0 Å². The Morgan fingerprint density at radius 3 is 2.41 bits per heavy atom. The lowest BCUT2D eigenvalue weighted by atomic mass is 9.97. The van der Waals surface area contributed by atoms with Crippen LogP contribution < -0.4 is 5.73 Å². The first-order chi connectivity index (χ1) is 9.90. The van der Waals surface area contributed by atoms with Crippen LogP contribution in [-0.4, -0.2) is 15.7 Å². The van der Waals surface area contributed by atoms with Crippen molar-refractivity contribution in [2.75, 3.05) is 0 Å². The Kier molecular flexibility index (Phi) is 4.16. The molecule has 2 aromatic rings. The number of fused-ring (bicyclic) bond motifs is 1. The van der Waals surface area contributed by atoms with Crippen LogP contribution in [0.4, 0.5) is 17.6 Å². The molecule has 2 heterocycles. The van der Waals surface area contributed by atoms with Crippen molar-refractivity contribution in [1.82, 2.24) is 9.55 Å². The van der Waals surface area contributed by atoms with Gasteiger partial charge in [-0.2, -0.15) is 13.2 Å². The molecule has 0 aliphatic carbocycles. The van der Waals surface area contributed by atoms with Crippen LogP contribution in [0.1, 0.15) is 32.4 Å². The molecule has 0 saturated carbocycles. The number of rotatable bonds is 2. The summed E-state index contributed by atoms with van der Waals surface area (Å²) in [7, 11) is 0. The molecule has 0 amide bonds. The molecule has 0 saturated heterocycles. The summed E-state index contributed by atoms with van der Waals surface area (Å²) in [6, 6.07) is -1.26. The topological polar surface area (TPSA) is 43.8 Å². The van der Waals surface area contributed by atoms with E-state index in [1.807, 2.05) is 20.8 Å². The van der Waals surface area contributed by atoms with Crippen LogP contribution in [0.2, 0.25) is 5.15 Å². The van der Waals surface area contributed by atoms with Gasteiger partial charge in [0.15, 0.2) is 11.0 Å². The van der Waals surface area contributed by atoms with Crippen LogP contribution in [0.3, 0.4) is 0 Å². The Morgan fingerprint density at radius 2 is 1.91 bits per heavy atom. The number of alkyl halides is 3. The zero-order valence-corrected chi connectivity index (χ0v) is 13.1. The fraction of sp³-hybridized carbons (Fsp3) is 0.500. The molecule has 2 rings (SSSR count). The lowest BCUT2D eigenvalue weighted by Gasteiger charge is -2.19. The molecule has 2 aromatic heterocycles. The minimum atomic E-state index is -4.63. The number of nitrogens with two attached hydrogens (primary N) is 1. The summed E-state index contributed by atoms with van der Waals surface area (Å²) in [6.45, 7) is 6.16. The number of aromatic nitrogens is 2. The molecule has 0 fully saturated rings. The normalized spacial score (nSPS) is 14.6. The molecule has 0 aliphatic rings. The van der Waals surface area contributed by atoms with Gasteiger partial charge in [-0.25, -0.2) is 9.37 Å². The average molecular weight is 338 g/mol. The van der Waals surface area contributed by atoms with Gasteiger partial charge in [-0.05, 0) is 11.5 Å². The first-order valence-corrected chi connectivity index (χ1v) is 6.95. The number of nitrogens with zero attached hydrogens (tertiary/aromatic N) is 2. The van der Waals surface area contributed by atoms with E-state index in [4.69, 9.17) is 17.3 Å². The second kappa shape index (κ2) is 5.38. The summed E-state index contributed by atoms with van der Waals surface area (Å²) in [5, 5.41) is -0.358. The van der Waals surface area contributed by atoms with Crippen molar-refractivity contribution in [3.63, 3.8) is 0 Å². The lowest BCUT2D eigenvalue weighted by molar-refractivity contribution is -0.148.